The van der Waals surface area contributed by atoms with Crippen LogP contribution in [0.1, 0.15) is 46.8 Å². The summed E-state index contributed by atoms with van der Waals surface area (Å²) in [4.78, 5) is 16.4. The summed E-state index contributed by atoms with van der Waals surface area (Å²) in [5.41, 5.74) is 1.93. The minimum absolute atomic E-state index is 0.0402. The molecule has 1 aromatic heterocycles. The van der Waals surface area contributed by atoms with Crippen LogP contribution < -0.4 is 10.6 Å². The van der Waals surface area contributed by atoms with Crippen LogP contribution in [0.15, 0.2) is 24.3 Å². The van der Waals surface area contributed by atoms with E-state index in [-0.39, 0.29) is 5.91 Å². The number of fused-ring (bicyclic) bond motifs is 1. The quantitative estimate of drug-likeness (QED) is 0.875. The lowest BCUT2D eigenvalue weighted by molar-refractivity contribution is 0.0951. The van der Waals surface area contributed by atoms with Gasteiger partial charge in [-0.1, -0.05) is 12.1 Å². The first-order valence-electron chi connectivity index (χ1n) is 8.71. The second kappa shape index (κ2) is 6.36. The van der Waals surface area contributed by atoms with Crippen LogP contribution in [0.2, 0.25) is 0 Å². The van der Waals surface area contributed by atoms with Crippen molar-refractivity contribution in [1.29, 1.82) is 0 Å². The number of carbonyl (C=O) groups is 1. The predicted molar refractivity (Wildman–Crippen MR) is 90.6 cm³/mol. The Hall–Kier alpha value is -2.21. The molecule has 6 heteroatoms. The Kier molecular flexibility index (Phi) is 4.06. The normalized spacial score (nSPS) is 19.8. The molecule has 2 aliphatic rings. The minimum Gasteiger partial charge on any atom is -0.349 e. The molecule has 6 nitrogen and oxygen atoms in total. The fraction of sp³-hybridized carbons (Fsp3) is 0.500. The van der Waals surface area contributed by atoms with Gasteiger partial charge in [0, 0.05) is 30.6 Å². The standard InChI is InChI=1S/C18H23N5O/c1-12-20-17-9-8-16(11-23(17)22-12)19-10-13-2-4-14(5-3-13)18(24)21-15-6-7-15/h2-5,15-16,19H,6-11H2,1H3,(H,21,24). The largest absolute Gasteiger partial charge is 0.349 e. The Morgan fingerprint density at radius 2 is 2.00 bits per heavy atom. The Bertz CT molecular complexity index is 732. The lowest BCUT2D eigenvalue weighted by Crippen LogP contribution is -2.37. The molecule has 2 heterocycles. The molecule has 1 saturated carbocycles. The van der Waals surface area contributed by atoms with Crippen molar-refractivity contribution < 1.29 is 4.79 Å². The summed E-state index contributed by atoms with van der Waals surface area (Å²) in [6.07, 6.45) is 4.28. The lowest BCUT2D eigenvalue weighted by atomic mass is 10.1. The molecular weight excluding hydrogens is 302 g/mol. The molecule has 0 saturated heterocycles. The lowest BCUT2D eigenvalue weighted by Gasteiger charge is -2.23. The molecule has 1 aliphatic heterocycles. The molecule has 126 valence electrons. The van der Waals surface area contributed by atoms with Crippen molar-refractivity contribution in [2.45, 2.75) is 57.8 Å². The number of rotatable bonds is 5. The number of carbonyl (C=O) groups excluding carboxylic acids is 1. The highest BCUT2D eigenvalue weighted by Crippen LogP contribution is 2.19. The van der Waals surface area contributed by atoms with Gasteiger partial charge >= 0.3 is 0 Å². The average Bonchev–Trinajstić information content (AvgIpc) is 3.31. The topological polar surface area (TPSA) is 71.8 Å². The third-order valence-electron chi connectivity index (χ3n) is 4.69. The Balaban J connectivity index is 1.30. The first-order chi connectivity index (χ1) is 11.7. The van der Waals surface area contributed by atoms with Gasteiger partial charge in [0.1, 0.15) is 11.6 Å². The molecule has 1 atom stereocenters. The number of aryl methyl sites for hydroxylation is 2. The molecule has 1 fully saturated rings. The van der Waals surface area contributed by atoms with Gasteiger partial charge in [-0.25, -0.2) is 9.67 Å². The summed E-state index contributed by atoms with van der Waals surface area (Å²) in [7, 11) is 0. The van der Waals surface area contributed by atoms with E-state index in [2.05, 4.69) is 20.7 Å². The highest BCUT2D eigenvalue weighted by Gasteiger charge is 2.24. The predicted octanol–water partition coefficient (Wildman–Crippen LogP) is 1.58. The number of hydrogen-bond donors (Lipinski definition) is 2. The maximum Gasteiger partial charge on any atom is 0.251 e. The van der Waals surface area contributed by atoms with E-state index in [1.54, 1.807) is 0 Å². The number of benzene rings is 1. The van der Waals surface area contributed by atoms with Crippen molar-refractivity contribution in [2.24, 2.45) is 0 Å². The van der Waals surface area contributed by atoms with Gasteiger partial charge in [-0.15, -0.1) is 0 Å². The van der Waals surface area contributed by atoms with Crippen molar-refractivity contribution in [3.8, 4) is 0 Å². The van der Waals surface area contributed by atoms with Gasteiger partial charge in [-0.3, -0.25) is 4.79 Å². The molecule has 2 aromatic rings. The summed E-state index contributed by atoms with van der Waals surface area (Å²) >= 11 is 0. The van der Waals surface area contributed by atoms with Gasteiger partial charge in [-0.05, 0) is 43.9 Å². The van der Waals surface area contributed by atoms with Crippen LogP contribution in [0.5, 0.6) is 0 Å². The number of nitrogens with zero attached hydrogens (tertiary/aromatic N) is 3. The molecule has 2 N–H and O–H groups in total. The summed E-state index contributed by atoms with van der Waals surface area (Å²) < 4.78 is 2.02. The average molecular weight is 325 g/mol. The fourth-order valence-electron chi connectivity index (χ4n) is 3.13. The van der Waals surface area contributed by atoms with E-state index in [4.69, 9.17) is 0 Å². The smallest absolute Gasteiger partial charge is 0.251 e. The van der Waals surface area contributed by atoms with E-state index in [0.717, 1.165) is 56.0 Å². The first-order valence-corrected chi connectivity index (χ1v) is 8.71. The third kappa shape index (κ3) is 3.48. The third-order valence-corrected chi connectivity index (χ3v) is 4.69. The number of amides is 1. The second-order valence-electron chi connectivity index (χ2n) is 6.82. The highest BCUT2D eigenvalue weighted by atomic mass is 16.1. The molecular formula is C18H23N5O. The molecule has 24 heavy (non-hydrogen) atoms. The second-order valence-corrected chi connectivity index (χ2v) is 6.82. The molecule has 4 rings (SSSR count). The zero-order valence-electron chi connectivity index (χ0n) is 14.0. The molecule has 1 aliphatic carbocycles. The molecule has 1 unspecified atom stereocenters. The number of aromatic nitrogens is 3. The van der Waals surface area contributed by atoms with E-state index >= 15 is 0 Å². The van der Waals surface area contributed by atoms with Crippen LogP contribution >= 0.6 is 0 Å². The minimum atomic E-state index is 0.0402. The van der Waals surface area contributed by atoms with Crippen molar-refractivity contribution in [3.63, 3.8) is 0 Å². The summed E-state index contributed by atoms with van der Waals surface area (Å²) in [6, 6.07) is 8.70. The summed E-state index contributed by atoms with van der Waals surface area (Å²) in [6.45, 7) is 3.62. The molecule has 0 spiro atoms. The first kappa shape index (κ1) is 15.3. The SMILES string of the molecule is Cc1nc2n(n1)CC(NCc1ccc(C(=O)NC3CC3)cc1)CC2. The van der Waals surface area contributed by atoms with Crippen LogP contribution in [0.4, 0.5) is 0 Å². The van der Waals surface area contributed by atoms with Crippen molar-refractivity contribution in [2.75, 3.05) is 0 Å². The van der Waals surface area contributed by atoms with Gasteiger partial charge in [0.15, 0.2) is 0 Å². The molecule has 1 amide bonds. The van der Waals surface area contributed by atoms with Gasteiger partial charge in [0.05, 0.1) is 6.54 Å². The van der Waals surface area contributed by atoms with Crippen molar-refractivity contribution in [1.82, 2.24) is 25.4 Å². The molecule has 0 radical (unpaired) electrons. The fourth-order valence-corrected chi connectivity index (χ4v) is 3.13. The van der Waals surface area contributed by atoms with Crippen LogP contribution in [0, 0.1) is 6.92 Å². The van der Waals surface area contributed by atoms with E-state index in [1.165, 1.54) is 5.56 Å². The van der Waals surface area contributed by atoms with Crippen molar-refractivity contribution in [3.05, 3.63) is 47.0 Å². The van der Waals surface area contributed by atoms with Crippen LogP contribution in [0.3, 0.4) is 0 Å². The van der Waals surface area contributed by atoms with Crippen LogP contribution in [0.25, 0.3) is 0 Å². The highest BCUT2D eigenvalue weighted by molar-refractivity contribution is 5.94. The van der Waals surface area contributed by atoms with E-state index in [1.807, 2.05) is 35.9 Å². The van der Waals surface area contributed by atoms with Crippen LogP contribution in [-0.4, -0.2) is 32.8 Å². The molecule has 1 aromatic carbocycles. The number of hydrogen-bond acceptors (Lipinski definition) is 4. The Morgan fingerprint density at radius 1 is 1.21 bits per heavy atom. The van der Waals surface area contributed by atoms with Crippen LogP contribution in [-0.2, 0) is 19.5 Å². The van der Waals surface area contributed by atoms with E-state index in [0.29, 0.717) is 12.1 Å². The van der Waals surface area contributed by atoms with Gasteiger partial charge in [0.2, 0.25) is 0 Å². The summed E-state index contributed by atoms with van der Waals surface area (Å²) in [5.74, 6) is 1.99. The van der Waals surface area contributed by atoms with Gasteiger partial charge in [-0.2, -0.15) is 5.10 Å². The van der Waals surface area contributed by atoms with Crippen molar-refractivity contribution >= 4 is 5.91 Å². The molecule has 0 bridgehead atoms. The van der Waals surface area contributed by atoms with Gasteiger partial charge in [0.25, 0.3) is 5.91 Å². The zero-order chi connectivity index (χ0) is 16.5. The Morgan fingerprint density at radius 3 is 2.75 bits per heavy atom. The van der Waals surface area contributed by atoms with E-state index in [9.17, 15) is 4.79 Å². The maximum atomic E-state index is 12.0. The maximum absolute atomic E-state index is 12.0. The summed E-state index contributed by atoms with van der Waals surface area (Å²) in [5, 5.41) is 11.0. The Labute approximate surface area is 141 Å². The number of nitrogens with one attached hydrogen (secondary N) is 2. The van der Waals surface area contributed by atoms with Gasteiger partial charge < -0.3 is 10.6 Å². The monoisotopic (exact) mass is 325 g/mol. The van der Waals surface area contributed by atoms with E-state index < -0.39 is 0 Å². The zero-order valence-corrected chi connectivity index (χ0v) is 14.0.